The molecule has 0 fully saturated rings. The maximum atomic E-state index is 11.6. The number of esters is 1. The highest BCUT2D eigenvalue weighted by Crippen LogP contribution is 2.09. The Bertz CT molecular complexity index is 336. The number of allylic oxidation sites excluding steroid dienone is 3. The Balaban J connectivity index is 3.54. The summed E-state index contributed by atoms with van der Waals surface area (Å²) in [5, 5.41) is 0. The first-order valence-corrected chi connectivity index (χ1v) is 9.00. The van der Waals surface area contributed by atoms with Crippen LogP contribution in [0.4, 0.5) is 0 Å². The van der Waals surface area contributed by atoms with Crippen molar-refractivity contribution >= 4 is 5.97 Å². The van der Waals surface area contributed by atoms with Gasteiger partial charge in [-0.2, -0.15) is 0 Å². The summed E-state index contributed by atoms with van der Waals surface area (Å²) >= 11 is 0. The lowest BCUT2D eigenvalue weighted by molar-refractivity contribution is -0.142. The Kier molecular flexibility index (Phi) is 14.2. The van der Waals surface area contributed by atoms with Crippen LogP contribution in [0.1, 0.15) is 91.9 Å². The molecule has 128 valence electrons. The predicted molar refractivity (Wildman–Crippen MR) is 96.0 cm³/mol. The molecule has 0 spiro atoms. The lowest BCUT2D eigenvalue weighted by Gasteiger charge is -2.04. The van der Waals surface area contributed by atoms with Crippen molar-refractivity contribution in [2.24, 2.45) is 0 Å². The van der Waals surface area contributed by atoms with Gasteiger partial charge in [-0.05, 0) is 46.1 Å². The lowest BCUT2D eigenvalue weighted by atomic mass is 10.1. The summed E-state index contributed by atoms with van der Waals surface area (Å²) in [7, 11) is 0. The average Bonchev–Trinajstić information content (AvgIpc) is 2.46. The fraction of sp³-hybridized carbons (Fsp3) is 0.750. The summed E-state index contributed by atoms with van der Waals surface area (Å²) in [6.07, 6.45) is 15.6. The third kappa shape index (κ3) is 15.3. The van der Waals surface area contributed by atoms with Gasteiger partial charge in [0.05, 0.1) is 0 Å². The first kappa shape index (κ1) is 20.9. The Hall–Kier alpha value is -1.05. The first-order chi connectivity index (χ1) is 10.6. The van der Waals surface area contributed by atoms with Gasteiger partial charge in [0.1, 0.15) is 6.61 Å². The van der Waals surface area contributed by atoms with E-state index in [1.807, 2.05) is 6.08 Å². The van der Waals surface area contributed by atoms with Crippen molar-refractivity contribution in [3.05, 3.63) is 23.3 Å². The van der Waals surface area contributed by atoms with Crippen molar-refractivity contribution in [3.8, 4) is 0 Å². The van der Waals surface area contributed by atoms with Gasteiger partial charge in [-0.1, -0.05) is 62.7 Å². The number of rotatable bonds is 13. The van der Waals surface area contributed by atoms with Gasteiger partial charge in [0.25, 0.3) is 0 Å². The Morgan fingerprint density at radius 2 is 1.50 bits per heavy atom. The van der Waals surface area contributed by atoms with Gasteiger partial charge in [-0.25, -0.2) is 0 Å². The second-order valence-electron chi connectivity index (χ2n) is 6.42. The molecule has 0 atom stereocenters. The molecule has 0 aliphatic rings. The second-order valence-corrected chi connectivity index (χ2v) is 6.42. The zero-order valence-corrected chi connectivity index (χ0v) is 15.2. The molecule has 0 aromatic carbocycles. The standard InChI is InChI=1S/C20H36O2/c1-5-6-7-8-9-10-11-15-20(21)22-17-16-19(4)14-12-13-18(2)3/h13,16H,5-12,14-15,17H2,1-4H3/b19-16+. The molecule has 0 unspecified atom stereocenters. The van der Waals surface area contributed by atoms with Gasteiger partial charge in [0.15, 0.2) is 0 Å². The Morgan fingerprint density at radius 3 is 2.14 bits per heavy atom. The highest BCUT2D eigenvalue weighted by atomic mass is 16.5. The topological polar surface area (TPSA) is 26.3 Å². The maximum Gasteiger partial charge on any atom is 0.306 e. The van der Waals surface area contributed by atoms with Crippen LogP contribution in [0.2, 0.25) is 0 Å². The summed E-state index contributed by atoms with van der Waals surface area (Å²) in [5.41, 5.74) is 2.65. The van der Waals surface area contributed by atoms with E-state index >= 15 is 0 Å². The zero-order chi connectivity index (χ0) is 16.6. The average molecular weight is 309 g/mol. The van der Waals surface area contributed by atoms with Crippen LogP contribution in [0.15, 0.2) is 23.3 Å². The van der Waals surface area contributed by atoms with E-state index in [0.717, 1.165) is 25.7 Å². The molecule has 0 aromatic rings. The molecule has 0 aliphatic carbocycles. The SMILES string of the molecule is CCCCCCCCCC(=O)OC/C=C(\C)CCC=C(C)C. The fourth-order valence-corrected chi connectivity index (χ4v) is 2.27. The van der Waals surface area contributed by atoms with Gasteiger partial charge < -0.3 is 4.74 Å². The third-order valence-corrected chi connectivity index (χ3v) is 3.75. The zero-order valence-electron chi connectivity index (χ0n) is 15.2. The van der Waals surface area contributed by atoms with Crippen LogP contribution in [0.5, 0.6) is 0 Å². The smallest absolute Gasteiger partial charge is 0.306 e. The third-order valence-electron chi connectivity index (χ3n) is 3.75. The highest BCUT2D eigenvalue weighted by molar-refractivity contribution is 5.69. The Labute approximate surface area is 138 Å². The van der Waals surface area contributed by atoms with Gasteiger partial charge in [-0.3, -0.25) is 4.79 Å². The molecule has 0 bridgehead atoms. The van der Waals surface area contributed by atoms with E-state index < -0.39 is 0 Å². The molecule has 22 heavy (non-hydrogen) atoms. The van der Waals surface area contributed by atoms with Crippen molar-refractivity contribution in [1.29, 1.82) is 0 Å². The Morgan fingerprint density at radius 1 is 0.864 bits per heavy atom. The molecule has 0 aliphatic heterocycles. The number of hydrogen-bond acceptors (Lipinski definition) is 2. The van der Waals surface area contributed by atoms with Crippen molar-refractivity contribution in [1.82, 2.24) is 0 Å². The molecule has 0 aromatic heterocycles. The van der Waals surface area contributed by atoms with Crippen LogP contribution < -0.4 is 0 Å². The number of carbonyl (C=O) groups is 1. The summed E-state index contributed by atoms with van der Waals surface area (Å²) < 4.78 is 5.25. The summed E-state index contributed by atoms with van der Waals surface area (Å²) in [4.78, 5) is 11.6. The van der Waals surface area contributed by atoms with E-state index in [-0.39, 0.29) is 5.97 Å². The largest absolute Gasteiger partial charge is 0.461 e. The number of unbranched alkanes of at least 4 members (excludes halogenated alkanes) is 6. The van der Waals surface area contributed by atoms with E-state index in [1.165, 1.54) is 43.3 Å². The van der Waals surface area contributed by atoms with Crippen LogP contribution >= 0.6 is 0 Å². The first-order valence-electron chi connectivity index (χ1n) is 9.00. The van der Waals surface area contributed by atoms with Crippen LogP contribution in [-0.2, 0) is 9.53 Å². The van der Waals surface area contributed by atoms with E-state index in [1.54, 1.807) is 0 Å². The minimum absolute atomic E-state index is 0.0538. The molecule has 0 saturated carbocycles. The molecule has 0 amide bonds. The molecular formula is C20H36O2. The van der Waals surface area contributed by atoms with Crippen LogP contribution in [-0.4, -0.2) is 12.6 Å². The van der Waals surface area contributed by atoms with Gasteiger partial charge in [0.2, 0.25) is 0 Å². The quantitative estimate of drug-likeness (QED) is 0.225. The summed E-state index contributed by atoms with van der Waals surface area (Å²) in [6.45, 7) is 8.99. The van der Waals surface area contributed by atoms with Gasteiger partial charge in [-0.15, -0.1) is 0 Å². The number of ether oxygens (including phenoxy) is 1. The van der Waals surface area contributed by atoms with Crippen LogP contribution in [0.3, 0.4) is 0 Å². The lowest BCUT2D eigenvalue weighted by Crippen LogP contribution is -2.04. The van der Waals surface area contributed by atoms with E-state index in [0.29, 0.717) is 13.0 Å². The van der Waals surface area contributed by atoms with Gasteiger partial charge >= 0.3 is 5.97 Å². The summed E-state index contributed by atoms with van der Waals surface area (Å²) in [5.74, 6) is -0.0538. The second kappa shape index (κ2) is 14.9. The molecule has 2 heteroatoms. The molecular weight excluding hydrogens is 272 g/mol. The van der Waals surface area contributed by atoms with Crippen molar-refractivity contribution in [2.75, 3.05) is 6.61 Å². The normalized spacial score (nSPS) is 11.4. The minimum atomic E-state index is -0.0538. The number of carbonyl (C=O) groups excluding carboxylic acids is 1. The summed E-state index contributed by atoms with van der Waals surface area (Å²) in [6, 6.07) is 0. The van der Waals surface area contributed by atoms with Crippen LogP contribution in [0, 0.1) is 0 Å². The van der Waals surface area contributed by atoms with Crippen molar-refractivity contribution in [3.63, 3.8) is 0 Å². The molecule has 0 rings (SSSR count). The highest BCUT2D eigenvalue weighted by Gasteiger charge is 2.01. The molecule has 0 heterocycles. The van der Waals surface area contributed by atoms with E-state index in [2.05, 4.69) is 33.8 Å². The predicted octanol–water partition coefficient (Wildman–Crippen LogP) is 6.36. The van der Waals surface area contributed by atoms with E-state index in [9.17, 15) is 4.79 Å². The fourth-order valence-electron chi connectivity index (χ4n) is 2.27. The monoisotopic (exact) mass is 308 g/mol. The van der Waals surface area contributed by atoms with Crippen LogP contribution in [0.25, 0.3) is 0 Å². The molecule has 0 saturated heterocycles. The molecule has 0 radical (unpaired) electrons. The van der Waals surface area contributed by atoms with Crippen molar-refractivity contribution in [2.45, 2.75) is 91.9 Å². The maximum absolute atomic E-state index is 11.6. The van der Waals surface area contributed by atoms with Gasteiger partial charge in [0, 0.05) is 6.42 Å². The molecule has 2 nitrogen and oxygen atoms in total. The number of hydrogen-bond donors (Lipinski definition) is 0. The van der Waals surface area contributed by atoms with E-state index in [4.69, 9.17) is 4.74 Å². The molecule has 0 N–H and O–H groups in total. The van der Waals surface area contributed by atoms with Crippen molar-refractivity contribution < 1.29 is 9.53 Å². The minimum Gasteiger partial charge on any atom is -0.461 e.